The lowest BCUT2D eigenvalue weighted by molar-refractivity contribution is 0.357. The first-order chi connectivity index (χ1) is 6.25. The van der Waals surface area contributed by atoms with Crippen LogP contribution in [0.1, 0.15) is 27.2 Å². The summed E-state index contributed by atoms with van der Waals surface area (Å²) in [5.41, 5.74) is 0. The van der Waals surface area contributed by atoms with Crippen LogP contribution in [0.4, 0.5) is 0 Å². The fraction of sp³-hybridized carbons (Fsp3) is 0.900. The zero-order valence-electron chi connectivity index (χ0n) is 9.67. The van der Waals surface area contributed by atoms with E-state index in [4.69, 9.17) is 0 Å². The quantitative estimate of drug-likeness (QED) is 0.618. The average Bonchev–Trinajstić information content (AvgIpc) is 2.20. The van der Waals surface area contributed by atoms with E-state index in [1.54, 1.807) is 0 Å². The molecule has 1 aliphatic heterocycles. The van der Waals surface area contributed by atoms with Crippen molar-refractivity contribution in [2.75, 3.05) is 33.7 Å². The fourth-order valence-corrected chi connectivity index (χ4v) is 1.36. The Balaban J connectivity index is 0.000000671. The molecule has 0 radical (unpaired) electrons. The van der Waals surface area contributed by atoms with Gasteiger partial charge in [0.2, 0.25) is 0 Å². The molecular formula is C10H23N3. The number of hydrogen-bond donors (Lipinski definition) is 0. The van der Waals surface area contributed by atoms with Crippen LogP contribution in [0.15, 0.2) is 4.99 Å². The van der Waals surface area contributed by atoms with E-state index in [0.29, 0.717) is 0 Å². The molecule has 0 saturated heterocycles. The monoisotopic (exact) mass is 185 g/mol. The Kier molecular flexibility index (Phi) is 6.37. The molecule has 0 saturated carbocycles. The third kappa shape index (κ3) is 3.66. The van der Waals surface area contributed by atoms with Crippen LogP contribution in [0.25, 0.3) is 0 Å². The number of hydrogen-bond acceptors (Lipinski definition) is 3. The molecule has 0 fully saturated rings. The molecule has 0 N–H and O–H groups in total. The lowest BCUT2D eigenvalue weighted by atomic mass is 10.3. The highest BCUT2D eigenvalue weighted by molar-refractivity contribution is 5.80. The summed E-state index contributed by atoms with van der Waals surface area (Å²) in [5, 5.41) is 0. The number of nitrogens with zero attached hydrogens (tertiary/aromatic N) is 3. The summed E-state index contributed by atoms with van der Waals surface area (Å²) in [6.07, 6.45) is 1.20. The van der Waals surface area contributed by atoms with Gasteiger partial charge in [-0.2, -0.15) is 0 Å². The van der Waals surface area contributed by atoms with E-state index in [9.17, 15) is 0 Å². The van der Waals surface area contributed by atoms with Gasteiger partial charge in [0.25, 0.3) is 0 Å². The first kappa shape index (κ1) is 12.3. The molecule has 0 unspecified atom stereocenters. The van der Waals surface area contributed by atoms with E-state index in [-0.39, 0.29) is 0 Å². The minimum atomic E-state index is 0.990. The van der Waals surface area contributed by atoms with Crippen LogP contribution in [0, 0.1) is 0 Å². The minimum absolute atomic E-state index is 0.990. The third-order valence-corrected chi connectivity index (χ3v) is 1.90. The zero-order valence-corrected chi connectivity index (χ0v) is 9.67. The number of aliphatic imine (C=N–C) groups is 1. The second-order valence-corrected chi connectivity index (χ2v) is 3.01. The zero-order chi connectivity index (χ0) is 10.3. The highest BCUT2D eigenvalue weighted by Crippen LogP contribution is 2.03. The van der Waals surface area contributed by atoms with Gasteiger partial charge in [-0.05, 0) is 13.3 Å². The van der Waals surface area contributed by atoms with Crippen molar-refractivity contribution in [2.24, 2.45) is 4.99 Å². The Morgan fingerprint density at radius 3 is 2.38 bits per heavy atom. The second kappa shape index (κ2) is 6.75. The van der Waals surface area contributed by atoms with Crippen molar-refractivity contribution in [3.63, 3.8) is 0 Å². The molecule has 0 aromatic heterocycles. The molecule has 0 atom stereocenters. The summed E-state index contributed by atoms with van der Waals surface area (Å²) < 4.78 is 0. The molecule has 1 heterocycles. The molecule has 0 amide bonds. The van der Waals surface area contributed by atoms with Crippen LogP contribution >= 0.6 is 0 Å². The lowest BCUT2D eigenvalue weighted by Crippen LogP contribution is -2.43. The van der Waals surface area contributed by atoms with Gasteiger partial charge in [0, 0.05) is 33.7 Å². The highest BCUT2D eigenvalue weighted by atomic mass is 15.4. The number of rotatable bonds is 1. The van der Waals surface area contributed by atoms with Gasteiger partial charge < -0.3 is 9.80 Å². The van der Waals surface area contributed by atoms with E-state index in [1.165, 1.54) is 6.42 Å². The van der Waals surface area contributed by atoms with E-state index in [2.05, 4.69) is 21.7 Å². The Labute approximate surface area is 82.4 Å². The summed E-state index contributed by atoms with van der Waals surface area (Å²) in [6, 6.07) is 0. The minimum Gasteiger partial charge on any atom is -0.349 e. The van der Waals surface area contributed by atoms with Crippen molar-refractivity contribution in [3.05, 3.63) is 0 Å². The number of guanidine groups is 1. The Morgan fingerprint density at radius 2 is 2.00 bits per heavy atom. The fourth-order valence-electron chi connectivity index (χ4n) is 1.36. The van der Waals surface area contributed by atoms with Crippen LogP contribution < -0.4 is 0 Å². The molecule has 3 heteroatoms. The molecule has 78 valence electrons. The van der Waals surface area contributed by atoms with Crippen molar-refractivity contribution < 1.29 is 0 Å². The largest absolute Gasteiger partial charge is 0.349 e. The molecule has 0 bridgehead atoms. The van der Waals surface area contributed by atoms with Gasteiger partial charge in [-0.3, -0.25) is 4.99 Å². The van der Waals surface area contributed by atoms with Crippen molar-refractivity contribution in [1.82, 2.24) is 9.80 Å². The molecule has 13 heavy (non-hydrogen) atoms. The van der Waals surface area contributed by atoms with Gasteiger partial charge in [0.05, 0.1) is 0 Å². The van der Waals surface area contributed by atoms with Crippen LogP contribution in [-0.2, 0) is 0 Å². The smallest absolute Gasteiger partial charge is 0.196 e. The predicted octanol–water partition coefficient (Wildman–Crippen LogP) is 1.66. The molecule has 1 rings (SSSR count). The van der Waals surface area contributed by atoms with Crippen LogP contribution in [0.2, 0.25) is 0 Å². The third-order valence-electron chi connectivity index (χ3n) is 1.90. The Morgan fingerprint density at radius 1 is 1.38 bits per heavy atom. The molecule has 0 aromatic carbocycles. The first-order valence-electron chi connectivity index (χ1n) is 5.22. The van der Waals surface area contributed by atoms with Gasteiger partial charge in [0.1, 0.15) is 0 Å². The summed E-state index contributed by atoms with van der Waals surface area (Å²) in [6.45, 7) is 9.39. The van der Waals surface area contributed by atoms with E-state index >= 15 is 0 Å². The van der Waals surface area contributed by atoms with Gasteiger partial charge >= 0.3 is 0 Å². The SMILES string of the molecule is CC.CCN1CCCN=C1N(C)C. The van der Waals surface area contributed by atoms with E-state index < -0.39 is 0 Å². The van der Waals surface area contributed by atoms with E-state index in [0.717, 1.165) is 25.6 Å². The molecular weight excluding hydrogens is 162 g/mol. The first-order valence-corrected chi connectivity index (χ1v) is 5.22. The highest BCUT2D eigenvalue weighted by Gasteiger charge is 2.13. The molecule has 0 aromatic rings. The van der Waals surface area contributed by atoms with Gasteiger partial charge in [-0.1, -0.05) is 13.8 Å². The van der Waals surface area contributed by atoms with Crippen molar-refractivity contribution >= 4 is 5.96 Å². The Hall–Kier alpha value is -0.730. The molecule has 0 spiro atoms. The van der Waals surface area contributed by atoms with Crippen molar-refractivity contribution in [3.8, 4) is 0 Å². The van der Waals surface area contributed by atoms with Gasteiger partial charge in [-0.15, -0.1) is 0 Å². The van der Waals surface area contributed by atoms with Crippen LogP contribution in [0.3, 0.4) is 0 Å². The van der Waals surface area contributed by atoms with Crippen LogP contribution in [0.5, 0.6) is 0 Å². The van der Waals surface area contributed by atoms with Gasteiger partial charge in [-0.25, -0.2) is 0 Å². The summed E-state index contributed by atoms with van der Waals surface area (Å²) >= 11 is 0. The molecule has 0 aliphatic carbocycles. The maximum absolute atomic E-state index is 4.45. The lowest BCUT2D eigenvalue weighted by Gasteiger charge is -2.31. The van der Waals surface area contributed by atoms with Gasteiger partial charge in [0.15, 0.2) is 5.96 Å². The normalized spacial score (nSPS) is 15.8. The van der Waals surface area contributed by atoms with Crippen molar-refractivity contribution in [1.29, 1.82) is 0 Å². The average molecular weight is 185 g/mol. The second-order valence-electron chi connectivity index (χ2n) is 3.01. The maximum atomic E-state index is 4.45. The predicted molar refractivity (Wildman–Crippen MR) is 59.2 cm³/mol. The van der Waals surface area contributed by atoms with E-state index in [1.807, 2.05) is 27.9 Å². The topological polar surface area (TPSA) is 18.8 Å². The Bertz CT molecular complexity index is 152. The summed E-state index contributed by atoms with van der Waals surface area (Å²) in [5.74, 6) is 1.14. The maximum Gasteiger partial charge on any atom is 0.196 e. The summed E-state index contributed by atoms with van der Waals surface area (Å²) in [7, 11) is 4.10. The molecule has 3 nitrogen and oxygen atoms in total. The van der Waals surface area contributed by atoms with Crippen LogP contribution in [-0.4, -0.2) is 49.5 Å². The molecule has 1 aliphatic rings. The summed E-state index contributed by atoms with van der Waals surface area (Å²) in [4.78, 5) is 8.84. The van der Waals surface area contributed by atoms with Crippen molar-refractivity contribution in [2.45, 2.75) is 27.2 Å². The standard InChI is InChI=1S/C8H17N3.C2H6/c1-4-11-7-5-6-9-8(11)10(2)3;1-2/h4-7H2,1-3H3;1-2H3.